The molecule has 0 radical (unpaired) electrons. The monoisotopic (exact) mass is 734 g/mol. The van der Waals surface area contributed by atoms with Gasteiger partial charge in [-0.15, -0.1) is 14.3 Å². The zero-order valence-corrected chi connectivity index (χ0v) is 35.0. The van der Waals surface area contributed by atoms with Crippen molar-refractivity contribution in [3.05, 3.63) is 0 Å². The van der Waals surface area contributed by atoms with Gasteiger partial charge in [-0.2, -0.15) is 0 Å². The molecule has 0 amide bonds. The second kappa shape index (κ2) is 26.7. The standard InChI is InChI=1S/C39H76NO9P/c1-12-39(49-38(10,11)35(42)24-18-15-21-27-45-32(5)6,29-40(13-2)48-36(43)25-19-16-22-28-46-33(7)50)30-47-37(8,9)34(41)23-17-14-20-26-44-31(3)4/h31-33H,12-30,50H2,1-11H3. The Balaban J connectivity index is 5.64. The molecule has 0 aliphatic rings. The molecule has 10 nitrogen and oxygen atoms in total. The van der Waals surface area contributed by atoms with Crippen LogP contribution < -0.4 is 0 Å². The van der Waals surface area contributed by atoms with Crippen LogP contribution in [0.25, 0.3) is 0 Å². The molecule has 0 aromatic rings. The van der Waals surface area contributed by atoms with Gasteiger partial charge < -0.3 is 28.5 Å². The molecule has 0 aliphatic heterocycles. The van der Waals surface area contributed by atoms with Gasteiger partial charge in [0.15, 0.2) is 11.6 Å². The van der Waals surface area contributed by atoms with Crippen LogP contribution >= 0.6 is 9.24 Å². The van der Waals surface area contributed by atoms with E-state index in [2.05, 4.69) is 9.24 Å². The fraction of sp³-hybridized carbons (Fsp3) is 0.923. The van der Waals surface area contributed by atoms with Crippen molar-refractivity contribution >= 4 is 26.8 Å². The van der Waals surface area contributed by atoms with E-state index in [-0.39, 0.29) is 48.7 Å². The third-order valence-corrected chi connectivity index (χ3v) is 8.80. The van der Waals surface area contributed by atoms with Gasteiger partial charge in [0.1, 0.15) is 16.8 Å². The first kappa shape index (κ1) is 49.0. The number of ketones is 2. The molecule has 0 spiro atoms. The fourth-order valence-corrected chi connectivity index (χ4v) is 5.43. The largest absolute Gasteiger partial charge is 0.379 e. The number of nitrogens with zero attached hydrogens (tertiary/aromatic N) is 1. The molecule has 0 N–H and O–H groups in total. The molecule has 0 aromatic carbocycles. The fourth-order valence-electron chi connectivity index (χ4n) is 5.29. The molecule has 296 valence electrons. The molecule has 3 atom stereocenters. The molecule has 0 bridgehead atoms. The predicted molar refractivity (Wildman–Crippen MR) is 204 cm³/mol. The van der Waals surface area contributed by atoms with E-state index in [1.54, 1.807) is 32.8 Å². The maximum absolute atomic E-state index is 13.5. The molecule has 0 saturated carbocycles. The lowest BCUT2D eigenvalue weighted by Gasteiger charge is -2.43. The third-order valence-electron chi connectivity index (χ3n) is 8.61. The van der Waals surface area contributed by atoms with Gasteiger partial charge >= 0.3 is 5.97 Å². The summed E-state index contributed by atoms with van der Waals surface area (Å²) in [5.41, 5.74) is -3.21. The Labute approximate surface area is 308 Å². The molecule has 0 aromatic heterocycles. The van der Waals surface area contributed by atoms with Crippen LogP contribution in [-0.4, -0.2) is 97.0 Å². The Morgan fingerprint density at radius 2 is 1.10 bits per heavy atom. The summed E-state index contributed by atoms with van der Waals surface area (Å²) >= 11 is 0. The summed E-state index contributed by atoms with van der Waals surface area (Å²) in [6.07, 6.45) is 9.50. The van der Waals surface area contributed by atoms with E-state index in [1.165, 1.54) is 0 Å². The lowest BCUT2D eigenvalue weighted by Crippen LogP contribution is -2.56. The van der Waals surface area contributed by atoms with Gasteiger partial charge in [0, 0.05) is 45.6 Å². The summed E-state index contributed by atoms with van der Waals surface area (Å²) < 4.78 is 30.0. The Kier molecular flexibility index (Phi) is 26.2. The van der Waals surface area contributed by atoms with Gasteiger partial charge in [0.2, 0.25) is 0 Å². The highest BCUT2D eigenvalue weighted by atomic mass is 31.0. The van der Waals surface area contributed by atoms with Crippen LogP contribution in [0.4, 0.5) is 0 Å². The highest BCUT2D eigenvalue weighted by molar-refractivity contribution is 7.17. The summed E-state index contributed by atoms with van der Waals surface area (Å²) in [5, 5.41) is 1.59. The molecular weight excluding hydrogens is 657 g/mol. The van der Waals surface area contributed by atoms with Crippen LogP contribution in [0.5, 0.6) is 0 Å². The molecule has 0 heterocycles. The van der Waals surface area contributed by atoms with Gasteiger partial charge in [-0.1, -0.05) is 26.2 Å². The number of Topliss-reactive ketones (excluding diaryl/α,β-unsaturated/α-hetero) is 2. The van der Waals surface area contributed by atoms with Crippen LogP contribution in [0.15, 0.2) is 0 Å². The lowest BCUT2D eigenvalue weighted by molar-refractivity contribution is -0.236. The topological polar surface area (TPSA) is 110 Å². The van der Waals surface area contributed by atoms with Crippen molar-refractivity contribution in [2.45, 2.75) is 194 Å². The number of carbonyl (C=O) groups is 3. The summed E-state index contributed by atoms with van der Waals surface area (Å²) in [6.45, 7) is 23.8. The van der Waals surface area contributed by atoms with Gasteiger partial charge in [0.05, 0.1) is 31.2 Å². The van der Waals surface area contributed by atoms with Gasteiger partial charge in [0.25, 0.3) is 0 Å². The van der Waals surface area contributed by atoms with E-state index in [4.69, 9.17) is 28.5 Å². The number of carbonyl (C=O) groups excluding carboxylic acids is 3. The van der Waals surface area contributed by atoms with E-state index >= 15 is 0 Å². The molecule has 0 fully saturated rings. The number of hydroxylamine groups is 2. The van der Waals surface area contributed by atoms with Crippen molar-refractivity contribution < 1.29 is 42.9 Å². The minimum Gasteiger partial charge on any atom is -0.379 e. The maximum atomic E-state index is 13.5. The lowest BCUT2D eigenvalue weighted by atomic mass is 9.93. The average molecular weight is 734 g/mol. The van der Waals surface area contributed by atoms with Crippen LogP contribution in [0.3, 0.4) is 0 Å². The van der Waals surface area contributed by atoms with Gasteiger partial charge in [-0.3, -0.25) is 14.4 Å². The summed E-state index contributed by atoms with van der Waals surface area (Å²) in [4.78, 5) is 45.5. The smallest absolute Gasteiger partial charge is 0.325 e. The van der Waals surface area contributed by atoms with Crippen molar-refractivity contribution in [3.63, 3.8) is 0 Å². The molecular formula is C39H76NO9P. The number of unbranched alkanes of at least 4 members (excludes halogenated alkanes) is 6. The molecule has 50 heavy (non-hydrogen) atoms. The summed E-state index contributed by atoms with van der Waals surface area (Å²) in [6, 6.07) is 0. The second-order valence-corrected chi connectivity index (χ2v) is 16.0. The zero-order valence-electron chi connectivity index (χ0n) is 33.9. The third kappa shape index (κ3) is 23.5. The van der Waals surface area contributed by atoms with Crippen molar-refractivity contribution in [3.8, 4) is 0 Å². The minimum atomic E-state index is -1.13. The van der Waals surface area contributed by atoms with Crippen LogP contribution in [0.1, 0.15) is 160 Å². The van der Waals surface area contributed by atoms with Crippen molar-refractivity contribution in [2.24, 2.45) is 0 Å². The van der Waals surface area contributed by atoms with Crippen LogP contribution in [-0.2, 0) is 42.9 Å². The number of likely N-dealkylation sites (N-methyl/N-ethyl adjacent to an activating group) is 1. The zero-order chi connectivity index (χ0) is 38.2. The first-order valence-corrected chi connectivity index (χ1v) is 20.0. The highest BCUT2D eigenvalue weighted by Gasteiger charge is 2.43. The van der Waals surface area contributed by atoms with Gasteiger partial charge in [-0.25, -0.2) is 0 Å². The summed E-state index contributed by atoms with van der Waals surface area (Å²) in [5.74, 6) is -0.191. The van der Waals surface area contributed by atoms with Gasteiger partial charge in [-0.05, 0) is 114 Å². The van der Waals surface area contributed by atoms with Crippen molar-refractivity contribution in [2.75, 3.05) is 39.5 Å². The second-order valence-electron chi connectivity index (χ2n) is 15.1. The maximum Gasteiger partial charge on any atom is 0.325 e. The normalized spacial score (nSPS) is 14.4. The van der Waals surface area contributed by atoms with E-state index in [0.717, 1.165) is 51.4 Å². The minimum absolute atomic E-state index is 0.00281. The first-order valence-electron chi connectivity index (χ1n) is 19.4. The molecule has 11 heteroatoms. The Morgan fingerprint density at radius 3 is 1.54 bits per heavy atom. The highest BCUT2D eigenvalue weighted by Crippen LogP contribution is 2.30. The number of hydrogen-bond acceptors (Lipinski definition) is 10. The van der Waals surface area contributed by atoms with Crippen LogP contribution in [0.2, 0.25) is 0 Å². The Bertz CT molecular complexity index is 925. The van der Waals surface area contributed by atoms with E-state index in [1.807, 2.05) is 48.5 Å². The van der Waals surface area contributed by atoms with E-state index < -0.39 is 16.8 Å². The SMILES string of the molecule is CCN(CC(CC)(COC(C)(C)C(=O)CCCCCOC(C)C)OC(C)(C)C(=O)CCCCCOC(C)C)OC(=O)CCCCCOC(C)P. The predicted octanol–water partition coefficient (Wildman–Crippen LogP) is 8.41. The van der Waals surface area contributed by atoms with Crippen molar-refractivity contribution in [1.82, 2.24) is 5.06 Å². The molecule has 0 saturated heterocycles. The van der Waals surface area contributed by atoms with Crippen LogP contribution in [0, 0.1) is 0 Å². The summed E-state index contributed by atoms with van der Waals surface area (Å²) in [7, 11) is 2.61. The van der Waals surface area contributed by atoms with E-state index in [0.29, 0.717) is 58.5 Å². The quantitative estimate of drug-likeness (QED) is 0.0371. The number of ether oxygens (including phenoxy) is 5. The average Bonchev–Trinajstić information content (AvgIpc) is 3.03. The number of rotatable bonds is 33. The van der Waals surface area contributed by atoms with E-state index in [9.17, 15) is 14.4 Å². The molecule has 3 unspecified atom stereocenters. The molecule has 0 rings (SSSR count). The Morgan fingerprint density at radius 1 is 0.640 bits per heavy atom. The Hall–Kier alpha value is -1.00. The van der Waals surface area contributed by atoms with Crippen molar-refractivity contribution in [1.29, 1.82) is 0 Å². The first-order chi connectivity index (χ1) is 23.4. The number of hydrogen-bond donors (Lipinski definition) is 0. The molecule has 0 aliphatic carbocycles.